The normalized spacial score (nSPS) is 13.0. The molecule has 0 aliphatic rings. The Morgan fingerprint density at radius 1 is 1.07 bits per heavy atom. The zero-order valence-corrected chi connectivity index (χ0v) is 16.0. The van der Waals surface area contributed by atoms with Crippen molar-refractivity contribution in [1.29, 1.82) is 0 Å². The molecule has 144 valence electrons. The van der Waals surface area contributed by atoms with Crippen molar-refractivity contribution in [1.82, 2.24) is 10.0 Å². The summed E-state index contributed by atoms with van der Waals surface area (Å²) in [5, 5.41) is 3.73. The van der Waals surface area contributed by atoms with E-state index in [1.54, 1.807) is 50.2 Å². The molecule has 0 aromatic heterocycles. The summed E-state index contributed by atoms with van der Waals surface area (Å²) in [6.07, 6.45) is 1.47. The van der Waals surface area contributed by atoms with E-state index in [2.05, 4.69) is 10.0 Å². The third kappa shape index (κ3) is 6.96. The van der Waals surface area contributed by atoms with Crippen LogP contribution in [-0.4, -0.2) is 20.4 Å². The number of hydrogen-bond acceptors (Lipinski definition) is 3. The van der Waals surface area contributed by atoms with Crippen molar-refractivity contribution in [2.24, 2.45) is 5.92 Å². The van der Waals surface area contributed by atoms with Gasteiger partial charge in [0, 0.05) is 12.0 Å². The summed E-state index contributed by atoms with van der Waals surface area (Å²) >= 11 is 0. The highest BCUT2D eigenvalue weighted by Crippen LogP contribution is 2.08. The molecule has 1 amide bonds. The predicted octanol–water partition coefficient (Wildman–Crippen LogP) is 3.06. The van der Waals surface area contributed by atoms with Crippen molar-refractivity contribution in [3.05, 3.63) is 76.9 Å². The van der Waals surface area contributed by atoms with E-state index in [4.69, 9.17) is 0 Å². The van der Waals surface area contributed by atoms with Gasteiger partial charge in [0.15, 0.2) is 0 Å². The third-order valence-electron chi connectivity index (χ3n) is 3.86. The van der Waals surface area contributed by atoms with Gasteiger partial charge < -0.3 is 5.32 Å². The van der Waals surface area contributed by atoms with Crippen molar-refractivity contribution >= 4 is 22.0 Å². The van der Waals surface area contributed by atoms with E-state index in [9.17, 15) is 17.6 Å². The molecule has 0 saturated heterocycles. The Morgan fingerprint density at radius 2 is 1.70 bits per heavy atom. The molecule has 1 unspecified atom stereocenters. The van der Waals surface area contributed by atoms with E-state index < -0.39 is 22.0 Å². The van der Waals surface area contributed by atoms with Gasteiger partial charge in [0.25, 0.3) is 0 Å². The molecule has 0 aliphatic heterocycles. The Balaban J connectivity index is 2.01. The van der Waals surface area contributed by atoms with Gasteiger partial charge in [-0.05, 0) is 35.3 Å². The van der Waals surface area contributed by atoms with Gasteiger partial charge in [0.05, 0.1) is 0 Å². The fourth-order valence-electron chi connectivity index (χ4n) is 2.34. The summed E-state index contributed by atoms with van der Waals surface area (Å²) in [6, 6.07) is 13.8. The van der Waals surface area contributed by atoms with Gasteiger partial charge in [-0.25, -0.2) is 12.8 Å². The second-order valence-electron chi connectivity index (χ2n) is 6.44. The number of amides is 1. The van der Waals surface area contributed by atoms with Crippen molar-refractivity contribution in [3.8, 4) is 0 Å². The molecule has 2 aromatic carbocycles. The summed E-state index contributed by atoms with van der Waals surface area (Å²) in [5.41, 5.74) is 1.46. The number of carbonyl (C=O) groups excluding carboxylic acids is 1. The minimum absolute atomic E-state index is 0.184. The monoisotopic (exact) mass is 390 g/mol. The first-order chi connectivity index (χ1) is 12.8. The van der Waals surface area contributed by atoms with Crippen molar-refractivity contribution in [2.75, 3.05) is 0 Å². The number of benzene rings is 2. The topological polar surface area (TPSA) is 75.3 Å². The van der Waals surface area contributed by atoms with Crippen LogP contribution in [-0.2, 0) is 21.4 Å². The lowest BCUT2D eigenvalue weighted by Crippen LogP contribution is -2.48. The molecule has 0 radical (unpaired) electrons. The maximum atomic E-state index is 12.9. The molecule has 5 nitrogen and oxygen atoms in total. The molecule has 0 fully saturated rings. The van der Waals surface area contributed by atoms with E-state index in [1.165, 1.54) is 18.2 Å². The predicted molar refractivity (Wildman–Crippen MR) is 104 cm³/mol. The van der Waals surface area contributed by atoms with Gasteiger partial charge in [-0.3, -0.25) is 4.79 Å². The summed E-state index contributed by atoms with van der Waals surface area (Å²) in [4.78, 5) is 12.4. The highest BCUT2D eigenvalue weighted by Gasteiger charge is 2.26. The van der Waals surface area contributed by atoms with Crippen LogP contribution < -0.4 is 10.0 Å². The van der Waals surface area contributed by atoms with Crippen molar-refractivity contribution < 1.29 is 17.6 Å². The fourth-order valence-corrected chi connectivity index (χ4v) is 3.49. The van der Waals surface area contributed by atoms with E-state index >= 15 is 0 Å². The number of nitrogens with one attached hydrogen (secondary N) is 2. The molecule has 0 bridgehead atoms. The second-order valence-corrected chi connectivity index (χ2v) is 8.04. The van der Waals surface area contributed by atoms with Gasteiger partial charge in [-0.2, -0.15) is 4.72 Å². The maximum absolute atomic E-state index is 12.9. The summed E-state index contributed by atoms with van der Waals surface area (Å²) < 4.78 is 40.0. The average Bonchev–Trinajstić information content (AvgIpc) is 2.64. The fraction of sp³-hybridized carbons (Fsp3) is 0.250. The number of halogens is 1. The van der Waals surface area contributed by atoms with Crippen LogP contribution in [0.25, 0.3) is 6.08 Å². The number of carbonyl (C=O) groups is 1. The first-order valence-corrected chi connectivity index (χ1v) is 10.1. The Bertz CT molecular complexity index is 879. The Kier molecular flexibility index (Phi) is 7.27. The first-order valence-electron chi connectivity index (χ1n) is 8.54. The molecule has 0 spiro atoms. The highest BCUT2D eigenvalue weighted by atomic mass is 32.2. The molecular formula is C20H23FN2O3S. The first kappa shape index (κ1) is 20.8. The maximum Gasteiger partial charge on any atom is 0.238 e. The lowest BCUT2D eigenvalue weighted by Gasteiger charge is -2.20. The lowest BCUT2D eigenvalue weighted by molar-refractivity contribution is -0.123. The number of hydrogen-bond donors (Lipinski definition) is 2. The van der Waals surface area contributed by atoms with Gasteiger partial charge in [0.2, 0.25) is 15.9 Å². The van der Waals surface area contributed by atoms with Crippen LogP contribution in [0.3, 0.4) is 0 Å². The van der Waals surface area contributed by atoms with Crippen LogP contribution in [0.5, 0.6) is 0 Å². The van der Waals surface area contributed by atoms with Crippen LogP contribution in [0.15, 0.2) is 60.0 Å². The smallest absolute Gasteiger partial charge is 0.238 e. The highest BCUT2D eigenvalue weighted by molar-refractivity contribution is 7.92. The summed E-state index contributed by atoms with van der Waals surface area (Å²) in [5.74, 6) is -1.05. The quantitative estimate of drug-likeness (QED) is 0.727. The van der Waals surface area contributed by atoms with E-state index in [0.29, 0.717) is 0 Å². The molecule has 1 atom stereocenters. The molecule has 27 heavy (non-hydrogen) atoms. The van der Waals surface area contributed by atoms with E-state index in [-0.39, 0.29) is 18.3 Å². The van der Waals surface area contributed by atoms with Gasteiger partial charge in [-0.15, -0.1) is 0 Å². The molecular weight excluding hydrogens is 367 g/mol. The summed E-state index contributed by atoms with van der Waals surface area (Å²) in [7, 11) is -3.80. The molecule has 2 aromatic rings. The second kappa shape index (κ2) is 9.43. The molecule has 0 heterocycles. The molecule has 2 rings (SSSR count). The molecule has 7 heteroatoms. The Labute approximate surface area is 159 Å². The zero-order chi connectivity index (χ0) is 19.9. The van der Waals surface area contributed by atoms with Crippen LogP contribution in [0.1, 0.15) is 25.0 Å². The van der Waals surface area contributed by atoms with Crippen LogP contribution >= 0.6 is 0 Å². The molecule has 0 saturated carbocycles. The minimum atomic E-state index is -3.80. The van der Waals surface area contributed by atoms with Gasteiger partial charge in [0.1, 0.15) is 11.9 Å². The van der Waals surface area contributed by atoms with Gasteiger partial charge in [-0.1, -0.05) is 56.3 Å². The van der Waals surface area contributed by atoms with Gasteiger partial charge >= 0.3 is 0 Å². The van der Waals surface area contributed by atoms with E-state index in [0.717, 1.165) is 16.5 Å². The van der Waals surface area contributed by atoms with E-state index in [1.807, 2.05) is 6.07 Å². The van der Waals surface area contributed by atoms with Crippen molar-refractivity contribution in [2.45, 2.75) is 26.4 Å². The van der Waals surface area contributed by atoms with Crippen LogP contribution in [0.2, 0.25) is 0 Å². The van der Waals surface area contributed by atoms with Crippen LogP contribution in [0, 0.1) is 11.7 Å². The molecule has 2 N–H and O–H groups in total. The average molecular weight is 390 g/mol. The standard InChI is InChI=1S/C20H23FN2O3S/c1-15(2)19(20(24)22-14-17-8-10-18(21)11-9-17)23-27(25,26)13-12-16-6-4-3-5-7-16/h3-13,15,19,23H,14H2,1-2H3,(H,22,24). The minimum Gasteiger partial charge on any atom is -0.351 e. The zero-order valence-electron chi connectivity index (χ0n) is 15.2. The summed E-state index contributed by atoms with van der Waals surface area (Å²) in [6.45, 7) is 3.70. The Morgan fingerprint density at radius 3 is 2.30 bits per heavy atom. The van der Waals surface area contributed by atoms with Crippen molar-refractivity contribution in [3.63, 3.8) is 0 Å². The number of rotatable bonds is 8. The third-order valence-corrected chi connectivity index (χ3v) is 4.94. The largest absolute Gasteiger partial charge is 0.351 e. The number of sulfonamides is 1. The lowest BCUT2D eigenvalue weighted by atomic mass is 10.0. The van der Waals surface area contributed by atoms with Crippen LogP contribution in [0.4, 0.5) is 4.39 Å². The Hall–Kier alpha value is -2.51. The SMILES string of the molecule is CC(C)C(NS(=O)(=O)C=Cc1ccccc1)C(=O)NCc1ccc(F)cc1. The molecule has 0 aliphatic carbocycles.